The van der Waals surface area contributed by atoms with E-state index < -0.39 is 0 Å². The molecule has 2 rings (SSSR count). The fraction of sp³-hybridized carbons (Fsp3) is 0.375. The molecule has 0 spiro atoms. The molecule has 6 nitrogen and oxygen atoms in total. The van der Waals surface area contributed by atoms with Gasteiger partial charge in [-0.3, -0.25) is 0 Å². The van der Waals surface area contributed by atoms with Gasteiger partial charge in [0.05, 0.1) is 6.54 Å². The first-order valence-electron chi connectivity index (χ1n) is 4.43. The molecule has 0 aromatic carbocycles. The van der Waals surface area contributed by atoms with E-state index in [0.717, 1.165) is 11.0 Å². The van der Waals surface area contributed by atoms with Crippen molar-refractivity contribution in [3.63, 3.8) is 0 Å². The Balaban J connectivity index is 2.10. The first-order valence-corrected chi connectivity index (χ1v) is 5.20. The quantitative estimate of drug-likeness (QED) is 0.821. The number of hydrogen-bond donors (Lipinski definition) is 1. The predicted molar refractivity (Wildman–Crippen MR) is 59.6 cm³/mol. The van der Waals surface area contributed by atoms with Crippen molar-refractivity contribution in [2.75, 3.05) is 17.7 Å². The monoisotopic (exact) mass is 224 g/mol. The number of nitrogens with zero attached hydrogens (tertiary/aromatic N) is 5. The van der Waals surface area contributed by atoms with Crippen molar-refractivity contribution in [3.05, 3.63) is 18.2 Å². The third-order valence-corrected chi connectivity index (χ3v) is 2.90. The number of aromatic nitrogens is 4. The Kier molecular flexibility index (Phi) is 2.55. The molecule has 2 aromatic heterocycles. The second-order valence-corrected chi connectivity index (χ2v) is 3.98. The van der Waals surface area contributed by atoms with Crippen LogP contribution in [0, 0.1) is 0 Å². The summed E-state index contributed by atoms with van der Waals surface area (Å²) in [6, 6.07) is 0. The summed E-state index contributed by atoms with van der Waals surface area (Å²) < 4.78 is 5.90. The Bertz CT molecular complexity index is 447. The van der Waals surface area contributed by atoms with E-state index in [1.807, 2.05) is 29.8 Å². The molecule has 0 bridgehead atoms. The molecule has 0 fully saturated rings. The molecule has 0 unspecified atom stereocenters. The highest BCUT2D eigenvalue weighted by Crippen LogP contribution is 2.17. The van der Waals surface area contributed by atoms with Crippen molar-refractivity contribution < 1.29 is 0 Å². The molecule has 0 saturated carbocycles. The predicted octanol–water partition coefficient (Wildman–Crippen LogP) is 0.490. The van der Waals surface area contributed by atoms with E-state index in [2.05, 4.69) is 14.3 Å². The van der Waals surface area contributed by atoms with Crippen LogP contribution in [0.25, 0.3) is 0 Å². The largest absolute Gasteiger partial charge is 0.367 e. The van der Waals surface area contributed by atoms with E-state index in [-0.39, 0.29) is 0 Å². The van der Waals surface area contributed by atoms with Gasteiger partial charge >= 0.3 is 0 Å². The minimum atomic E-state index is 0.321. The number of rotatable bonds is 3. The van der Waals surface area contributed by atoms with Gasteiger partial charge in [-0.05, 0) is 0 Å². The van der Waals surface area contributed by atoms with Gasteiger partial charge in [-0.2, -0.15) is 9.36 Å². The highest BCUT2D eigenvalue weighted by molar-refractivity contribution is 7.09. The molecule has 2 heterocycles. The normalized spacial score (nSPS) is 10.5. The Labute approximate surface area is 91.5 Å². The average Bonchev–Trinajstić information content (AvgIpc) is 2.77. The summed E-state index contributed by atoms with van der Waals surface area (Å²) in [4.78, 5) is 10.3. The maximum atomic E-state index is 5.46. The summed E-state index contributed by atoms with van der Waals surface area (Å²) in [7, 11) is 3.90. The van der Waals surface area contributed by atoms with E-state index >= 15 is 0 Å². The minimum Gasteiger partial charge on any atom is -0.367 e. The van der Waals surface area contributed by atoms with Crippen molar-refractivity contribution in [1.82, 2.24) is 18.9 Å². The Morgan fingerprint density at radius 1 is 1.60 bits per heavy atom. The summed E-state index contributed by atoms with van der Waals surface area (Å²) in [5.41, 5.74) is 5.46. The number of nitrogen functional groups attached to an aromatic ring is 1. The van der Waals surface area contributed by atoms with Crippen LogP contribution < -0.4 is 10.6 Å². The smallest absolute Gasteiger partial charge is 0.233 e. The van der Waals surface area contributed by atoms with E-state index in [1.54, 1.807) is 6.20 Å². The van der Waals surface area contributed by atoms with Gasteiger partial charge in [0.15, 0.2) is 0 Å². The van der Waals surface area contributed by atoms with Crippen molar-refractivity contribution in [1.29, 1.82) is 0 Å². The van der Waals surface area contributed by atoms with Crippen molar-refractivity contribution in [3.8, 4) is 0 Å². The van der Waals surface area contributed by atoms with E-state index in [4.69, 9.17) is 5.73 Å². The van der Waals surface area contributed by atoms with Gasteiger partial charge in [0, 0.05) is 38.0 Å². The summed E-state index contributed by atoms with van der Waals surface area (Å²) in [5.74, 6) is 1.30. The minimum absolute atomic E-state index is 0.321. The molecule has 0 aliphatic rings. The maximum absolute atomic E-state index is 5.46. The van der Waals surface area contributed by atoms with Gasteiger partial charge in [0.1, 0.15) is 5.82 Å². The zero-order valence-electron chi connectivity index (χ0n) is 8.58. The summed E-state index contributed by atoms with van der Waals surface area (Å²) in [6.07, 6.45) is 3.69. The van der Waals surface area contributed by atoms with Gasteiger partial charge in [-0.15, -0.1) is 0 Å². The highest BCUT2D eigenvalue weighted by Gasteiger charge is 2.09. The molecule has 0 atom stereocenters. The van der Waals surface area contributed by atoms with Crippen LogP contribution in [0.15, 0.2) is 12.4 Å². The molecule has 2 N–H and O–H groups in total. The van der Waals surface area contributed by atoms with Crippen molar-refractivity contribution in [2.45, 2.75) is 6.54 Å². The molecular formula is C8H12N6S. The van der Waals surface area contributed by atoms with Crippen LogP contribution in [0.1, 0.15) is 5.82 Å². The van der Waals surface area contributed by atoms with Crippen molar-refractivity contribution in [2.24, 2.45) is 7.05 Å². The molecule has 7 heteroatoms. The van der Waals surface area contributed by atoms with Crippen LogP contribution in [-0.2, 0) is 13.6 Å². The lowest BCUT2D eigenvalue weighted by Gasteiger charge is -2.14. The lowest BCUT2D eigenvalue weighted by molar-refractivity contribution is 0.760. The van der Waals surface area contributed by atoms with Gasteiger partial charge in [0.25, 0.3) is 0 Å². The van der Waals surface area contributed by atoms with Crippen LogP contribution in [0.4, 0.5) is 11.1 Å². The standard InChI is InChI=1S/C8H12N6S/c1-13-4-3-10-6(13)5-14(2)8-11-7(9)12-15-8/h3-4H,5H2,1-2H3,(H2,9,12). The molecule has 0 aliphatic heterocycles. The van der Waals surface area contributed by atoms with Crippen LogP contribution in [0.5, 0.6) is 0 Å². The van der Waals surface area contributed by atoms with Crippen molar-refractivity contribution >= 4 is 22.6 Å². The van der Waals surface area contributed by atoms with Gasteiger partial charge in [0.2, 0.25) is 11.1 Å². The maximum Gasteiger partial charge on any atom is 0.233 e. The zero-order valence-corrected chi connectivity index (χ0v) is 9.40. The third-order valence-electron chi connectivity index (χ3n) is 2.06. The highest BCUT2D eigenvalue weighted by atomic mass is 32.1. The molecule has 80 valence electrons. The molecule has 15 heavy (non-hydrogen) atoms. The van der Waals surface area contributed by atoms with E-state index in [0.29, 0.717) is 12.5 Å². The fourth-order valence-electron chi connectivity index (χ4n) is 1.21. The zero-order chi connectivity index (χ0) is 10.8. The number of imidazole rings is 1. The first-order chi connectivity index (χ1) is 7.16. The second kappa shape index (κ2) is 3.85. The Morgan fingerprint density at radius 3 is 2.93 bits per heavy atom. The summed E-state index contributed by atoms with van der Waals surface area (Å²) in [5, 5.41) is 0.801. The first kappa shape index (κ1) is 9.91. The van der Waals surface area contributed by atoms with E-state index in [9.17, 15) is 0 Å². The summed E-state index contributed by atoms with van der Waals surface area (Å²) in [6.45, 7) is 0.693. The Hall–Kier alpha value is -1.63. The lowest BCUT2D eigenvalue weighted by atomic mass is 10.5. The molecule has 0 amide bonds. The number of nitrogens with two attached hydrogens (primary N) is 1. The molecule has 0 aliphatic carbocycles. The van der Waals surface area contributed by atoms with Crippen LogP contribution in [0.3, 0.4) is 0 Å². The number of hydrogen-bond acceptors (Lipinski definition) is 6. The topological polar surface area (TPSA) is 72.9 Å². The van der Waals surface area contributed by atoms with Crippen LogP contribution in [-0.4, -0.2) is 26.0 Å². The molecular weight excluding hydrogens is 212 g/mol. The average molecular weight is 224 g/mol. The van der Waals surface area contributed by atoms with E-state index in [1.165, 1.54) is 11.5 Å². The Morgan fingerprint density at radius 2 is 2.40 bits per heavy atom. The molecule has 2 aromatic rings. The van der Waals surface area contributed by atoms with Crippen LogP contribution in [0.2, 0.25) is 0 Å². The second-order valence-electron chi connectivity index (χ2n) is 3.25. The molecule has 0 radical (unpaired) electrons. The third kappa shape index (κ3) is 2.07. The van der Waals surface area contributed by atoms with Crippen LogP contribution >= 0.6 is 11.5 Å². The van der Waals surface area contributed by atoms with Gasteiger partial charge < -0.3 is 15.2 Å². The molecule has 0 saturated heterocycles. The number of aryl methyl sites for hydroxylation is 1. The summed E-state index contributed by atoms with van der Waals surface area (Å²) >= 11 is 1.29. The van der Waals surface area contributed by atoms with Gasteiger partial charge in [-0.1, -0.05) is 0 Å². The SMILES string of the molecule is CN(Cc1nccn1C)c1nc(N)ns1. The fourth-order valence-corrected chi connectivity index (χ4v) is 1.76. The lowest BCUT2D eigenvalue weighted by Crippen LogP contribution is -2.18. The van der Waals surface area contributed by atoms with Gasteiger partial charge in [-0.25, -0.2) is 4.98 Å². The number of anilines is 2.